The maximum atomic E-state index is 15.0. The first-order valence-corrected chi connectivity index (χ1v) is 15.0. The number of carbonyl (C=O) groups excluding carboxylic acids is 1. The number of sulfonamides is 1. The van der Waals surface area contributed by atoms with E-state index < -0.39 is 39.5 Å². The van der Waals surface area contributed by atoms with Gasteiger partial charge in [-0.3, -0.25) is 10.1 Å². The molecule has 0 aliphatic heterocycles. The summed E-state index contributed by atoms with van der Waals surface area (Å²) in [5.74, 6) is -2.10. The van der Waals surface area contributed by atoms with E-state index in [0.717, 1.165) is 17.4 Å². The predicted octanol–water partition coefficient (Wildman–Crippen LogP) is 5.69. The van der Waals surface area contributed by atoms with Crippen LogP contribution in [0, 0.1) is 5.82 Å². The number of nitrogens with one attached hydrogen (secondary N) is 2. The number of carboxylic acids is 1. The average molecular weight is 668 g/mol. The molecular formula is C26H24BrFN4O7S2. The first kappa shape index (κ1) is 30.3. The van der Waals surface area contributed by atoms with E-state index in [-0.39, 0.29) is 33.5 Å². The summed E-state index contributed by atoms with van der Waals surface area (Å²) in [6.07, 6.45) is -0.911. The second-order valence-electron chi connectivity index (χ2n) is 9.72. The molecule has 15 heteroatoms. The molecule has 0 spiro atoms. The van der Waals surface area contributed by atoms with E-state index in [9.17, 15) is 23.1 Å². The number of thiophene rings is 1. The van der Waals surface area contributed by atoms with E-state index in [2.05, 4.69) is 36.1 Å². The third kappa shape index (κ3) is 7.97. The normalized spacial score (nSPS) is 12.6. The number of carboxylic acid groups (broad SMARTS) is 1. The van der Waals surface area contributed by atoms with Crippen molar-refractivity contribution in [2.45, 2.75) is 43.0 Å². The molecule has 0 saturated heterocycles. The number of rotatable bonds is 9. The van der Waals surface area contributed by atoms with Crippen LogP contribution in [0.15, 0.2) is 67.1 Å². The van der Waals surface area contributed by atoms with Crippen LogP contribution in [0.1, 0.15) is 26.3 Å². The van der Waals surface area contributed by atoms with Crippen molar-refractivity contribution in [2.75, 3.05) is 5.32 Å². The lowest BCUT2D eigenvalue weighted by Gasteiger charge is -2.19. The van der Waals surface area contributed by atoms with Gasteiger partial charge in [-0.25, -0.2) is 17.6 Å². The van der Waals surface area contributed by atoms with Gasteiger partial charge in [0.25, 0.3) is 15.9 Å². The number of benzene rings is 2. The summed E-state index contributed by atoms with van der Waals surface area (Å²) in [5, 5.41) is 16.0. The molecule has 1 atom stereocenters. The molecule has 0 fully saturated rings. The summed E-state index contributed by atoms with van der Waals surface area (Å²) >= 11 is 4.10. The molecule has 216 valence electrons. The number of halogens is 2. The van der Waals surface area contributed by atoms with E-state index in [1.54, 1.807) is 45.0 Å². The molecule has 0 saturated carbocycles. The minimum atomic E-state index is -4.10. The highest BCUT2D eigenvalue weighted by molar-refractivity contribution is 9.11. The van der Waals surface area contributed by atoms with Crippen molar-refractivity contribution in [2.24, 2.45) is 0 Å². The molecule has 4 aromatic rings. The van der Waals surface area contributed by atoms with Gasteiger partial charge in [-0.1, -0.05) is 11.2 Å². The molecule has 2 heterocycles. The number of carbonyl (C=O) groups is 2. The highest BCUT2D eigenvalue weighted by Crippen LogP contribution is 2.28. The van der Waals surface area contributed by atoms with Crippen LogP contribution >= 0.6 is 27.3 Å². The number of aromatic nitrogens is 2. The minimum Gasteiger partial charge on any atom is -0.480 e. The average Bonchev–Trinajstić information content (AvgIpc) is 3.53. The fourth-order valence-electron chi connectivity index (χ4n) is 3.54. The Morgan fingerprint density at radius 1 is 1.15 bits per heavy atom. The zero-order valence-electron chi connectivity index (χ0n) is 21.8. The summed E-state index contributed by atoms with van der Waals surface area (Å²) in [7, 11) is -4.10. The van der Waals surface area contributed by atoms with Crippen molar-refractivity contribution in [1.29, 1.82) is 0 Å². The van der Waals surface area contributed by atoms with E-state index in [4.69, 9.17) is 9.26 Å². The molecule has 2 aromatic heterocycles. The largest absolute Gasteiger partial charge is 0.480 e. The highest BCUT2D eigenvalue weighted by atomic mass is 79.9. The summed E-state index contributed by atoms with van der Waals surface area (Å²) in [6, 6.07) is 11.7. The van der Waals surface area contributed by atoms with Crippen molar-refractivity contribution in [3.8, 4) is 22.8 Å². The van der Waals surface area contributed by atoms with Crippen LogP contribution < -0.4 is 10.0 Å². The van der Waals surface area contributed by atoms with Gasteiger partial charge in [-0.2, -0.15) is 9.71 Å². The Morgan fingerprint density at radius 2 is 1.85 bits per heavy atom. The Balaban J connectivity index is 1.45. The van der Waals surface area contributed by atoms with Gasteiger partial charge in [0.15, 0.2) is 0 Å². The Bertz CT molecular complexity index is 1680. The smallest absolute Gasteiger partial charge is 0.412 e. The summed E-state index contributed by atoms with van der Waals surface area (Å²) in [6.45, 7) is 5.26. The molecule has 11 nitrogen and oxygen atoms in total. The second-order valence-corrected chi connectivity index (χ2v) is 14.1. The standard InChI is InChI=1S/C26H24BrFN4O7S2/c1-26(2,3)38-25(35)29-16-7-5-15(6-8-16)23-30-22(31-39-23)17-9-4-14(12-18(17)28)13-19(24(33)34)32-41(36,37)21-11-10-20(27)40-21/h4-12,19,32H,13H2,1-3H3,(H,29,35)(H,33,34). The number of hydrogen-bond acceptors (Lipinski definition) is 9. The lowest BCUT2D eigenvalue weighted by molar-refractivity contribution is -0.138. The van der Waals surface area contributed by atoms with Gasteiger partial charge in [0.05, 0.1) is 9.35 Å². The van der Waals surface area contributed by atoms with Crippen LogP contribution in [0.25, 0.3) is 22.8 Å². The number of ether oxygens (including phenoxy) is 1. The Kier molecular flexibility index (Phi) is 8.91. The molecule has 4 rings (SSSR count). The number of aliphatic carboxylic acids is 1. The number of anilines is 1. The second kappa shape index (κ2) is 12.1. The lowest BCUT2D eigenvalue weighted by atomic mass is 10.0. The van der Waals surface area contributed by atoms with E-state index in [1.165, 1.54) is 24.3 Å². The molecule has 0 bridgehead atoms. The lowest BCUT2D eigenvalue weighted by Crippen LogP contribution is -2.42. The number of hydrogen-bond donors (Lipinski definition) is 3. The maximum absolute atomic E-state index is 15.0. The van der Waals surface area contributed by atoms with E-state index in [1.807, 2.05) is 0 Å². The third-order valence-corrected chi connectivity index (χ3v) is 8.91. The number of nitrogens with zero attached hydrogens (tertiary/aromatic N) is 2. The van der Waals surface area contributed by atoms with Crippen LogP contribution in [0.4, 0.5) is 14.9 Å². The highest BCUT2D eigenvalue weighted by Gasteiger charge is 2.27. The summed E-state index contributed by atoms with van der Waals surface area (Å²) < 4.78 is 53.4. The van der Waals surface area contributed by atoms with Gasteiger partial charge < -0.3 is 14.4 Å². The van der Waals surface area contributed by atoms with E-state index in [0.29, 0.717) is 15.0 Å². The van der Waals surface area contributed by atoms with Crippen LogP contribution in [0.2, 0.25) is 0 Å². The third-order valence-electron chi connectivity index (χ3n) is 5.33. The van der Waals surface area contributed by atoms with Crippen LogP contribution in [0.5, 0.6) is 0 Å². The van der Waals surface area contributed by atoms with Crippen molar-refractivity contribution < 1.29 is 36.8 Å². The van der Waals surface area contributed by atoms with Gasteiger partial charge in [0.2, 0.25) is 5.82 Å². The molecule has 0 aliphatic carbocycles. The minimum absolute atomic E-state index is 0.00264. The summed E-state index contributed by atoms with van der Waals surface area (Å²) in [4.78, 5) is 27.9. The zero-order valence-corrected chi connectivity index (χ0v) is 25.1. The zero-order chi connectivity index (χ0) is 29.9. The molecule has 0 aliphatic rings. The topological polar surface area (TPSA) is 161 Å². The summed E-state index contributed by atoms with van der Waals surface area (Å²) in [5.41, 5.74) is 0.600. The van der Waals surface area contributed by atoms with Crippen LogP contribution in [0.3, 0.4) is 0 Å². The predicted molar refractivity (Wildman–Crippen MR) is 152 cm³/mol. The molecule has 41 heavy (non-hydrogen) atoms. The SMILES string of the molecule is CC(C)(C)OC(=O)Nc1ccc(-c2nc(-c3ccc(CC(NS(=O)(=O)c4ccc(Br)s4)C(=O)O)cc3F)no2)cc1. The van der Waals surface area contributed by atoms with Crippen molar-refractivity contribution >= 4 is 55.0 Å². The van der Waals surface area contributed by atoms with Gasteiger partial charge in [-0.05, 0) is 97.2 Å². The molecule has 2 aromatic carbocycles. The van der Waals surface area contributed by atoms with Crippen LogP contribution in [-0.2, 0) is 26.0 Å². The van der Waals surface area contributed by atoms with Gasteiger partial charge in [-0.15, -0.1) is 11.3 Å². The Morgan fingerprint density at radius 3 is 2.44 bits per heavy atom. The fraction of sp³-hybridized carbons (Fsp3) is 0.231. The monoisotopic (exact) mass is 666 g/mol. The Hall–Kier alpha value is -3.66. The Labute approximate surface area is 246 Å². The van der Waals surface area contributed by atoms with Crippen molar-refractivity contribution in [3.05, 3.63) is 69.8 Å². The first-order chi connectivity index (χ1) is 19.2. The molecule has 1 amide bonds. The maximum Gasteiger partial charge on any atom is 0.412 e. The first-order valence-electron chi connectivity index (χ1n) is 11.9. The van der Waals surface area contributed by atoms with E-state index >= 15 is 4.39 Å². The molecule has 3 N–H and O–H groups in total. The van der Waals surface area contributed by atoms with Crippen LogP contribution in [-0.4, -0.2) is 47.4 Å². The van der Waals surface area contributed by atoms with Crippen molar-refractivity contribution in [3.63, 3.8) is 0 Å². The number of amides is 1. The van der Waals surface area contributed by atoms with Crippen molar-refractivity contribution in [1.82, 2.24) is 14.9 Å². The van der Waals surface area contributed by atoms with Gasteiger partial charge >= 0.3 is 12.1 Å². The quantitative estimate of drug-likeness (QED) is 0.204. The fourth-order valence-corrected chi connectivity index (χ4v) is 6.75. The molecule has 1 unspecified atom stereocenters. The van der Waals surface area contributed by atoms with Gasteiger partial charge in [0.1, 0.15) is 21.7 Å². The molecule has 0 radical (unpaired) electrons. The van der Waals surface area contributed by atoms with Gasteiger partial charge in [0, 0.05) is 11.3 Å². The molecular weight excluding hydrogens is 643 g/mol.